The van der Waals surface area contributed by atoms with Crippen LogP contribution in [-0.2, 0) is 5.41 Å². The molecular weight excluding hydrogens is 308 g/mol. The summed E-state index contributed by atoms with van der Waals surface area (Å²) >= 11 is 3.02. The van der Waals surface area contributed by atoms with Gasteiger partial charge in [0.2, 0.25) is 5.88 Å². The molecule has 1 heterocycles. The van der Waals surface area contributed by atoms with Gasteiger partial charge < -0.3 is 10.1 Å². The fourth-order valence-corrected chi connectivity index (χ4v) is 2.81. The molecule has 0 aliphatic heterocycles. The standard InChI is InChI=1S/C14H13BrN2O2/c15-10-11(18)16-13(17-12(10)19)14(7-4-8-14)9-5-2-1-3-6-9/h1-3,5-6H,4,7-8H2,(H2,16,17,18,19). The lowest BCUT2D eigenvalue weighted by Crippen LogP contribution is -2.38. The highest BCUT2D eigenvalue weighted by Gasteiger charge is 2.43. The molecule has 1 aromatic carbocycles. The lowest BCUT2D eigenvalue weighted by atomic mass is 9.64. The lowest BCUT2D eigenvalue weighted by molar-refractivity contribution is 0.280. The minimum atomic E-state index is -0.343. The van der Waals surface area contributed by atoms with Gasteiger partial charge >= 0.3 is 0 Å². The van der Waals surface area contributed by atoms with Crippen molar-refractivity contribution in [1.29, 1.82) is 0 Å². The van der Waals surface area contributed by atoms with E-state index in [1.165, 1.54) is 0 Å². The highest BCUT2D eigenvalue weighted by Crippen LogP contribution is 2.47. The zero-order chi connectivity index (χ0) is 13.5. The molecule has 4 nitrogen and oxygen atoms in total. The summed E-state index contributed by atoms with van der Waals surface area (Å²) in [6.45, 7) is 0. The molecule has 2 N–H and O–H groups in total. The molecular formula is C14H13BrN2O2. The van der Waals surface area contributed by atoms with Crippen molar-refractivity contribution in [3.63, 3.8) is 0 Å². The van der Waals surface area contributed by atoms with Crippen LogP contribution in [0.25, 0.3) is 0 Å². The van der Waals surface area contributed by atoms with Crippen LogP contribution in [0.3, 0.4) is 0 Å². The van der Waals surface area contributed by atoms with Crippen molar-refractivity contribution >= 4 is 15.9 Å². The topological polar surface area (TPSA) is 66.0 Å². The van der Waals surface area contributed by atoms with Crippen LogP contribution in [0, 0.1) is 0 Å². The van der Waals surface area contributed by atoms with Crippen molar-refractivity contribution < 1.29 is 5.11 Å². The maximum absolute atomic E-state index is 11.8. The minimum absolute atomic E-state index is 0.0822. The zero-order valence-corrected chi connectivity index (χ0v) is 11.8. The molecule has 0 atom stereocenters. The Labute approximate surface area is 118 Å². The van der Waals surface area contributed by atoms with E-state index in [-0.39, 0.29) is 21.3 Å². The van der Waals surface area contributed by atoms with E-state index in [9.17, 15) is 9.90 Å². The van der Waals surface area contributed by atoms with Crippen molar-refractivity contribution in [2.75, 3.05) is 0 Å². The normalized spacial score (nSPS) is 16.9. The summed E-state index contributed by atoms with van der Waals surface area (Å²) in [5.74, 6) is 0.302. The first kappa shape index (κ1) is 12.4. The van der Waals surface area contributed by atoms with Gasteiger partial charge in [-0.05, 0) is 34.3 Å². The van der Waals surface area contributed by atoms with Gasteiger partial charge in [0.15, 0.2) is 0 Å². The summed E-state index contributed by atoms with van der Waals surface area (Å²) in [6.07, 6.45) is 2.96. The number of halogens is 1. The molecule has 1 aliphatic carbocycles. The molecule has 98 valence electrons. The largest absolute Gasteiger partial charge is 0.492 e. The molecule has 0 bridgehead atoms. The molecule has 5 heteroatoms. The third-order valence-electron chi connectivity index (χ3n) is 3.83. The van der Waals surface area contributed by atoms with Crippen molar-refractivity contribution in [1.82, 2.24) is 9.97 Å². The average Bonchev–Trinajstić information content (AvgIpc) is 2.36. The van der Waals surface area contributed by atoms with Gasteiger partial charge in [0, 0.05) is 0 Å². The molecule has 0 spiro atoms. The first-order valence-electron chi connectivity index (χ1n) is 6.18. The van der Waals surface area contributed by atoms with E-state index < -0.39 is 0 Å². The summed E-state index contributed by atoms with van der Waals surface area (Å²) < 4.78 is 0.0822. The summed E-state index contributed by atoms with van der Waals surface area (Å²) in [5.41, 5.74) is 0.523. The molecule has 2 aromatic rings. The second-order valence-electron chi connectivity index (χ2n) is 4.85. The van der Waals surface area contributed by atoms with E-state index >= 15 is 0 Å². The SMILES string of the molecule is O=c1[nH]c(C2(c3ccccc3)CCC2)nc(O)c1Br. The molecule has 0 radical (unpaired) electrons. The number of aromatic amines is 1. The Balaban J connectivity index is 2.16. The summed E-state index contributed by atoms with van der Waals surface area (Å²) in [7, 11) is 0. The van der Waals surface area contributed by atoms with E-state index in [2.05, 4.69) is 25.9 Å². The summed E-state index contributed by atoms with van der Waals surface area (Å²) in [4.78, 5) is 18.7. The first-order valence-corrected chi connectivity index (χ1v) is 6.97. The molecule has 1 aliphatic rings. The Kier molecular flexibility index (Phi) is 2.93. The van der Waals surface area contributed by atoms with Gasteiger partial charge in [0.25, 0.3) is 5.56 Å². The number of aromatic hydroxyl groups is 1. The molecule has 1 saturated carbocycles. The maximum atomic E-state index is 11.8. The summed E-state index contributed by atoms with van der Waals surface area (Å²) in [6, 6.07) is 10.0. The highest BCUT2D eigenvalue weighted by atomic mass is 79.9. The Morgan fingerprint density at radius 2 is 1.95 bits per heavy atom. The third-order valence-corrected chi connectivity index (χ3v) is 4.55. The third kappa shape index (κ3) is 1.89. The van der Waals surface area contributed by atoms with Gasteiger partial charge in [0.1, 0.15) is 10.3 Å². The van der Waals surface area contributed by atoms with Gasteiger partial charge in [-0.15, -0.1) is 0 Å². The number of nitrogens with one attached hydrogen (secondary N) is 1. The number of hydrogen-bond donors (Lipinski definition) is 2. The van der Waals surface area contributed by atoms with Crippen LogP contribution in [0.2, 0.25) is 0 Å². The number of nitrogens with zero attached hydrogens (tertiary/aromatic N) is 1. The molecule has 1 aromatic heterocycles. The van der Waals surface area contributed by atoms with Crippen molar-refractivity contribution in [2.24, 2.45) is 0 Å². The molecule has 3 rings (SSSR count). The van der Waals surface area contributed by atoms with Crippen LogP contribution in [0.5, 0.6) is 5.88 Å². The van der Waals surface area contributed by atoms with Crippen LogP contribution < -0.4 is 5.56 Å². The zero-order valence-electron chi connectivity index (χ0n) is 10.2. The van der Waals surface area contributed by atoms with Crippen molar-refractivity contribution in [2.45, 2.75) is 24.7 Å². The molecule has 19 heavy (non-hydrogen) atoms. The molecule has 0 saturated heterocycles. The Morgan fingerprint density at radius 1 is 1.26 bits per heavy atom. The van der Waals surface area contributed by atoms with Gasteiger partial charge in [-0.1, -0.05) is 36.8 Å². The molecule has 0 amide bonds. The van der Waals surface area contributed by atoms with Crippen molar-refractivity contribution in [3.05, 3.63) is 56.5 Å². The van der Waals surface area contributed by atoms with Crippen LogP contribution >= 0.6 is 15.9 Å². The number of aromatic nitrogens is 2. The smallest absolute Gasteiger partial charge is 0.269 e. The minimum Gasteiger partial charge on any atom is -0.492 e. The second-order valence-corrected chi connectivity index (χ2v) is 5.65. The van der Waals surface area contributed by atoms with E-state index in [0.29, 0.717) is 5.82 Å². The van der Waals surface area contributed by atoms with E-state index in [1.807, 2.05) is 30.3 Å². The van der Waals surface area contributed by atoms with Crippen LogP contribution in [0.15, 0.2) is 39.6 Å². The number of hydrogen-bond acceptors (Lipinski definition) is 3. The average molecular weight is 321 g/mol. The monoisotopic (exact) mass is 320 g/mol. The Bertz CT molecular complexity index is 663. The van der Waals surface area contributed by atoms with Crippen LogP contribution in [0.4, 0.5) is 0 Å². The first-order chi connectivity index (χ1) is 9.13. The Morgan fingerprint density at radius 3 is 2.47 bits per heavy atom. The molecule has 0 unspecified atom stereocenters. The Hall–Kier alpha value is -1.62. The van der Waals surface area contributed by atoms with E-state index in [0.717, 1.165) is 24.8 Å². The van der Waals surface area contributed by atoms with E-state index in [4.69, 9.17) is 0 Å². The number of H-pyrrole nitrogens is 1. The summed E-state index contributed by atoms with van der Waals surface area (Å²) in [5, 5.41) is 9.73. The fraction of sp³-hybridized carbons (Fsp3) is 0.286. The predicted octanol–water partition coefficient (Wildman–Crippen LogP) is 2.71. The van der Waals surface area contributed by atoms with Gasteiger partial charge in [0.05, 0.1) is 5.41 Å². The number of rotatable bonds is 2. The molecule has 1 fully saturated rings. The second kappa shape index (κ2) is 4.49. The maximum Gasteiger partial charge on any atom is 0.269 e. The van der Waals surface area contributed by atoms with Gasteiger partial charge in [-0.3, -0.25) is 4.79 Å². The lowest BCUT2D eigenvalue weighted by Gasteiger charge is -2.41. The fourth-order valence-electron chi connectivity index (χ4n) is 2.62. The van der Waals surface area contributed by atoms with Gasteiger partial charge in [-0.25, -0.2) is 0 Å². The highest BCUT2D eigenvalue weighted by molar-refractivity contribution is 9.10. The quantitative estimate of drug-likeness (QED) is 0.894. The number of benzene rings is 1. The van der Waals surface area contributed by atoms with E-state index in [1.54, 1.807) is 0 Å². The van der Waals surface area contributed by atoms with Crippen LogP contribution in [0.1, 0.15) is 30.7 Å². The van der Waals surface area contributed by atoms with Crippen molar-refractivity contribution in [3.8, 4) is 5.88 Å². The predicted molar refractivity (Wildman–Crippen MR) is 75.3 cm³/mol. The van der Waals surface area contributed by atoms with Gasteiger partial charge in [-0.2, -0.15) is 4.98 Å². The van der Waals surface area contributed by atoms with Crippen LogP contribution in [-0.4, -0.2) is 15.1 Å².